The molecule has 4 N–H and O–H groups in total. The van der Waals surface area contributed by atoms with Crippen molar-refractivity contribution in [1.29, 1.82) is 0 Å². The predicted molar refractivity (Wildman–Crippen MR) is 82.9 cm³/mol. The maximum atomic E-state index is 9.99. The number of pyridine rings is 1. The molecule has 23 heavy (non-hydrogen) atoms. The molecule has 0 saturated carbocycles. The summed E-state index contributed by atoms with van der Waals surface area (Å²) < 4.78 is 10.9. The maximum absolute atomic E-state index is 9.99. The molecule has 2 heterocycles. The molecule has 7 nitrogen and oxygen atoms in total. The summed E-state index contributed by atoms with van der Waals surface area (Å²) in [6, 6.07) is 8.95. The van der Waals surface area contributed by atoms with Gasteiger partial charge in [0.05, 0.1) is 6.61 Å². The second kappa shape index (κ2) is 7.20. The van der Waals surface area contributed by atoms with E-state index in [2.05, 4.69) is 4.98 Å². The van der Waals surface area contributed by atoms with Crippen molar-refractivity contribution in [3.05, 3.63) is 36.5 Å². The van der Waals surface area contributed by atoms with E-state index in [-0.39, 0.29) is 7.43 Å². The number of aliphatic hydroxyl groups excluding tert-OH is 4. The predicted octanol–water partition coefficient (Wildman–Crippen LogP) is 0.0496. The van der Waals surface area contributed by atoms with Gasteiger partial charge in [0.15, 0.2) is 0 Å². The van der Waals surface area contributed by atoms with E-state index in [0.717, 1.165) is 5.39 Å². The number of aromatic nitrogens is 1. The molecule has 5 atom stereocenters. The molecule has 1 saturated heterocycles. The zero-order valence-corrected chi connectivity index (χ0v) is 11.6. The fourth-order valence-corrected chi connectivity index (χ4v) is 2.46. The van der Waals surface area contributed by atoms with Crippen LogP contribution in [0.2, 0.25) is 0 Å². The van der Waals surface area contributed by atoms with Gasteiger partial charge in [-0.25, -0.2) is 0 Å². The van der Waals surface area contributed by atoms with Crippen LogP contribution in [-0.2, 0) is 4.74 Å². The minimum absolute atomic E-state index is 0. The average Bonchev–Trinajstić information content (AvgIpc) is 2.55. The lowest BCUT2D eigenvalue weighted by Gasteiger charge is -2.39. The van der Waals surface area contributed by atoms with Crippen LogP contribution in [0, 0.1) is 0 Å². The Morgan fingerprint density at radius 3 is 2.52 bits per heavy atom. The monoisotopic (exact) mass is 323 g/mol. The smallest absolute Gasteiger partial charge is 0.229 e. The van der Waals surface area contributed by atoms with Crippen molar-refractivity contribution in [2.24, 2.45) is 0 Å². The van der Waals surface area contributed by atoms with Crippen LogP contribution in [0.3, 0.4) is 0 Å². The van der Waals surface area contributed by atoms with Crippen LogP contribution in [-0.4, -0.2) is 62.7 Å². The molecule has 0 unspecified atom stereocenters. The van der Waals surface area contributed by atoms with Crippen molar-refractivity contribution in [2.45, 2.75) is 38.1 Å². The molecule has 1 aromatic carbocycles. The van der Waals surface area contributed by atoms with Crippen LogP contribution < -0.4 is 4.74 Å². The number of ether oxygens (including phenoxy) is 2. The van der Waals surface area contributed by atoms with Crippen molar-refractivity contribution in [2.75, 3.05) is 6.61 Å². The number of hydrogen-bond donors (Lipinski definition) is 4. The number of nitrogens with zero attached hydrogens (tertiary/aromatic N) is 1. The fraction of sp³-hybridized carbons (Fsp3) is 0.438. The number of benzene rings is 1. The van der Waals surface area contributed by atoms with Gasteiger partial charge in [0, 0.05) is 11.6 Å². The Morgan fingerprint density at radius 1 is 1.04 bits per heavy atom. The van der Waals surface area contributed by atoms with Crippen LogP contribution in [0.1, 0.15) is 7.43 Å². The van der Waals surface area contributed by atoms with Crippen molar-refractivity contribution >= 4 is 10.9 Å². The molecule has 126 valence electrons. The summed E-state index contributed by atoms with van der Waals surface area (Å²) in [4.78, 5) is 4.22. The van der Waals surface area contributed by atoms with E-state index in [1.165, 1.54) is 0 Å². The summed E-state index contributed by atoms with van der Waals surface area (Å²) in [5.74, 6) is 0.377. The first-order valence-electron chi connectivity index (χ1n) is 6.92. The van der Waals surface area contributed by atoms with Gasteiger partial charge < -0.3 is 29.9 Å². The molecular formula is C16H21NO6. The minimum atomic E-state index is -1.47. The zero-order valence-electron chi connectivity index (χ0n) is 11.6. The van der Waals surface area contributed by atoms with Crippen LogP contribution in [0.15, 0.2) is 36.5 Å². The molecule has 1 fully saturated rings. The molecule has 1 aromatic heterocycles. The Kier molecular flexibility index (Phi) is 5.51. The Labute approximate surface area is 133 Å². The summed E-state index contributed by atoms with van der Waals surface area (Å²) in [5, 5.41) is 39.5. The lowest BCUT2D eigenvalue weighted by molar-refractivity contribution is -0.277. The highest BCUT2D eigenvalue weighted by atomic mass is 16.7. The van der Waals surface area contributed by atoms with Crippen LogP contribution in [0.5, 0.6) is 5.75 Å². The summed E-state index contributed by atoms with van der Waals surface area (Å²) in [5.41, 5.74) is 0.585. The van der Waals surface area contributed by atoms with E-state index in [9.17, 15) is 20.4 Å². The Morgan fingerprint density at radius 2 is 1.78 bits per heavy atom. The number of para-hydroxylation sites is 1. The molecule has 0 aliphatic carbocycles. The van der Waals surface area contributed by atoms with E-state index in [1.807, 2.05) is 12.1 Å². The van der Waals surface area contributed by atoms with Crippen molar-refractivity contribution in [3.63, 3.8) is 0 Å². The van der Waals surface area contributed by atoms with Gasteiger partial charge in [0.1, 0.15) is 35.7 Å². The quantitative estimate of drug-likeness (QED) is 0.631. The molecule has 7 heteroatoms. The zero-order chi connectivity index (χ0) is 15.7. The lowest BCUT2D eigenvalue weighted by atomic mass is 9.99. The van der Waals surface area contributed by atoms with Gasteiger partial charge in [-0.2, -0.15) is 0 Å². The number of hydrogen-bond acceptors (Lipinski definition) is 7. The summed E-state index contributed by atoms with van der Waals surface area (Å²) in [7, 11) is 0. The summed E-state index contributed by atoms with van der Waals surface area (Å²) in [6.07, 6.45) is -4.95. The normalized spacial score (nSPS) is 30.7. The van der Waals surface area contributed by atoms with Crippen LogP contribution in [0.4, 0.5) is 0 Å². The second-order valence-electron chi connectivity index (χ2n) is 5.15. The van der Waals surface area contributed by atoms with Gasteiger partial charge in [0.25, 0.3) is 0 Å². The largest absolute Gasteiger partial charge is 0.460 e. The molecule has 0 amide bonds. The minimum Gasteiger partial charge on any atom is -0.460 e. The van der Waals surface area contributed by atoms with Gasteiger partial charge in [0.2, 0.25) is 6.29 Å². The van der Waals surface area contributed by atoms with E-state index in [4.69, 9.17) is 9.47 Å². The fourth-order valence-electron chi connectivity index (χ4n) is 2.46. The van der Waals surface area contributed by atoms with Crippen molar-refractivity contribution in [1.82, 2.24) is 4.98 Å². The Bertz CT molecular complexity index is 644. The highest BCUT2D eigenvalue weighted by Gasteiger charge is 2.44. The topological polar surface area (TPSA) is 112 Å². The molecule has 2 aromatic rings. The SMILES string of the molecule is C.OC[C@H]1O[C@@H](Oc2cccc3cccnc23)[C@H](O)[C@@H](O)[C@@H]1O. The van der Waals surface area contributed by atoms with Crippen LogP contribution >= 0.6 is 0 Å². The number of fused-ring (bicyclic) bond motifs is 1. The first kappa shape index (κ1) is 17.6. The molecule has 0 spiro atoms. The summed E-state index contributed by atoms with van der Waals surface area (Å²) >= 11 is 0. The lowest BCUT2D eigenvalue weighted by Crippen LogP contribution is -2.60. The first-order valence-corrected chi connectivity index (χ1v) is 6.92. The van der Waals surface area contributed by atoms with E-state index in [0.29, 0.717) is 11.3 Å². The van der Waals surface area contributed by atoms with Gasteiger partial charge in [-0.3, -0.25) is 4.98 Å². The maximum Gasteiger partial charge on any atom is 0.229 e. The van der Waals surface area contributed by atoms with E-state index in [1.54, 1.807) is 24.4 Å². The highest BCUT2D eigenvalue weighted by molar-refractivity contribution is 5.84. The molecule has 3 rings (SSSR count). The third-order valence-electron chi connectivity index (χ3n) is 3.69. The van der Waals surface area contributed by atoms with Gasteiger partial charge >= 0.3 is 0 Å². The van der Waals surface area contributed by atoms with E-state index < -0.39 is 37.3 Å². The van der Waals surface area contributed by atoms with Gasteiger partial charge in [-0.15, -0.1) is 0 Å². The third-order valence-corrected chi connectivity index (χ3v) is 3.69. The number of aliphatic hydroxyl groups is 4. The van der Waals surface area contributed by atoms with Gasteiger partial charge in [-0.1, -0.05) is 25.6 Å². The third kappa shape index (κ3) is 3.29. The molecular weight excluding hydrogens is 302 g/mol. The van der Waals surface area contributed by atoms with Crippen molar-refractivity contribution in [3.8, 4) is 5.75 Å². The second-order valence-corrected chi connectivity index (χ2v) is 5.15. The number of rotatable bonds is 3. The van der Waals surface area contributed by atoms with E-state index >= 15 is 0 Å². The molecule has 0 radical (unpaired) electrons. The molecule has 1 aliphatic heterocycles. The van der Waals surface area contributed by atoms with Gasteiger partial charge in [-0.05, 0) is 12.1 Å². The molecule has 1 aliphatic rings. The average molecular weight is 323 g/mol. The van der Waals surface area contributed by atoms with Crippen LogP contribution in [0.25, 0.3) is 10.9 Å². The van der Waals surface area contributed by atoms with Crippen molar-refractivity contribution < 1.29 is 29.9 Å². The summed E-state index contributed by atoms with van der Waals surface area (Å²) in [6.45, 7) is -0.501. The molecule has 0 bridgehead atoms. The Hall–Kier alpha value is -1.77. The standard InChI is InChI=1S/C15H17NO6.CH4/c17-7-10-12(18)13(19)14(20)15(22-10)21-9-5-1-3-8-4-2-6-16-11(8)9;/h1-6,10,12-15,17-20H,7H2;1H4/t10-,12-,13+,14-,15-;/m1./s1. The highest BCUT2D eigenvalue weighted by Crippen LogP contribution is 2.28. The Balaban J connectivity index is 0.00000192. The first-order chi connectivity index (χ1) is 10.6.